The predicted octanol–water partition coefficient (Wildman–Crippen LogP) is 2.47. The van der Waals surface area contributed by atoms with Crippen LogP contribution in [0.4, 0.5) is 0 Å². The van der Waals surface area contributed by atoms with E-state index in [9.17, 15) is 4.79 Å². The van der Waals surface area contributed by atoms with E-state index in [1.165, 1.54) is 0 Å². The Hall–Kier alpha value is -1.71. The molecule has 0 aromatic heterocycles. The van der Waals surface area contributed by atoms with Gasteiger partial charge in [-0.2, -0.15) is 0 Å². The number of carbonyl (C=O) groups is 1. The fourth-order valence-corrected chi connectivity index (χ4v) is 1.85. The average Bonchev–Trinajstić information content (AvgIpc) is 2.28. The summed E-state index contributed by atoms with van der Waals surface area (Å²) in [6, 6.07) is 3.74. The quantitative estimate of drug-likeness (QED) is 0.909. The molecule has 1 aromatic rings. The number of benzene rings is 1. The highest BCUT2D eigenvalue weighted by Gasteiger charge is 2.16. The van der Waals surface area contributed by atoms with Crippen LogP contribution in [0.3, 0.4) is 0 Å². The maximum Gasteiger partial charge on any atom is 0.224 e. The van der Waals surface area contributed by atoms with Gasteiger partial charge < -0.3 is 14.8 Å². The van der Waals surface area contributed by atoms with Crippen molar-refractivity contribution in [2.45, 2.75) is 39.7 Å². The van der Waals surface area contributed by atoms with Gasteiger partial charge in [0.25, 0.3) is 0 Å². The first kappa shape index (κ1) is 15.3. The normalized spacial score (nSPS) is 11.1. The Morgan fingerprint density at radius 1 is 1.16 bits per heavy atom. The van der Waals surface area contributed by atoms with Crippen LogP contribution in [0.25, 0.3) is 0 Å². The summed E-state index contributed by atoms with van der Waals surface area (Å²) in [5.41, 5.74) is 1.74. The van der Waals surface area contributed by atoms with E-state index in [0.29, 0.717) is 17.9 Å². The molecule has 0 aliphatic carbocycles. The third-order valence-corrected chi connectivity index (χ3v) is 2.71. The fourth-order valence-electron chi connectivity index (χ4n) is 1.85. The molecule has 4 nitrogen and oxygen atoms in total. The molecular formula is C15H23NO3. The monoisotopic (exact) mass is 265 g/mol. The van der Waals surface area contributed by atoms with E-state index in [1.807, 2.05) is 39.8 Å². The van der Waals surface area contributed by atoms with Gasteiger partial charge in [-0.1, -0.05) is 0 Å². The molecule has 0 bridgehead atoms. The minimum Gasteiger partial charge on any atom is -0.493 e. The lowest BCUT2D eigenvalue weighted by atomic mass is 10.0. The molecule has 0 saturated heterocycles. The number of carbonyl (C=O) groups excluding carboxylic acids is 1. The summed E-state index contributed by atoms with van der Waals surface area (Å²) in [7, 11) is 3.19. The number of aryl methyl sites for hydroxylation is 1. The molecular weight excluding hydrogens is 242 g/mol. The lowest BCUT2D eigenvalue weighted by Gasteiger charge is -2.21. The van der Waals surface area contributed by atoms with Crippen LogP contribution in [-0.4, -0.2) is 25.7 Å². The van der Waals surface area contributed by atoms with Crippen LogP contribution in [0.1, 0.15) is 31.9 Å². The smallest absolute Gasteiger partial charge is 0.224 e. The van der Waals surface area contributed by atoms with Crippen molar-refractivity contribution >= 4 is 5.91 Å². The van der Waals surface area contributed by atoms with Crippen LogP contribution in [-0.2, 0) is 11.2 Å². The zero-order valence-corrected chi connectivity index (χ0v) is 12.6. The van der Waals surface area contributed by atoms with Crippen LogP contribution in [0.15, 0.2) is 12.1 Å². The van der Waals surface area contributed by atoms with Crippen LogP contribution in [0, 0.1) is 6.92 Å². The van der Waals surface area contributed by atoms with Crippen molar-refractivity contribution in [2.24, 2.45) is 0 Å². The number of nitrogens with one attached hydrogen (secondary N) is 1. The lowest BCUT2D eigenvalue weighted by Crippen LogP contribution is -2.41. The highest BCUT2D eigenvalue weighted by Crippen LogP contribution is 2.30. The lowest BCUT2D eigenvalue weighted by molar-refractivity contribution is -0.121. The molecule has 4 heteroatoms. The van der Waals surface area contributed by atoms with Crippen molar-refractivity contribution in [3.8, 4) is 11.5 Å². The summed E-state index contributed by atoms with van der Waals surface area (Å²) >= 11 is 0. The number of methoxy groups -OCH3 is 2. The van der Waals surface area contributed by atoms with E-state index in [4.69, 9.17) is 9.47 Å². The van der Waals surface area contributed by atoms with Gasteiger partial charge in [-0.05, 0) is 51.0 Å². The Labute approximate surface area is 115 Å². The Kier molecular flexibility index (Phi) is 4.81. The highest BCUT2D eigenvalue weighted by molar-refractivity contribution is 5.79. The third-order valence-electron chi connectivity index (χ3n) is 2.71. The summed E-state index contributed by atoms with van der Waals surface area (Å²) in [6.07, 6.45) is 0.337. The van der Waals surface area contributed by atoms with Crippen LogP contribution >= 0.6 is 0 Å². The zero-order chi connectivity index (χ0) is 14.6. The first-order chi connectivity index (χ1) is 8.76. The van der Waals surface area contributed by atoms with Crippen LogP contribution in [0.5, 0.6) is 11.5 Å². The summed E-state index contributed by atoms with van der Waals surface area (Å²) in [5.74, 6) is 1.33. The van der Waals surface area contributed by atoms with Gasteiger partial charge in [-0.25, -0.2) is 0 Å². The van der Waals surface area contributed by atoms with Gasteiger partial charge in [0, 0.05) is 5.54 Å². The Bertz CT molecular complexity index is 461. The number of rotatable bonds is 4. The largest absolute Gasteiger partial charge is 0.493 e. The van der Waals surface area contributed by atoms with E-state index in [-0.39, 0.29) is 11.4 Å². The predicted molar refractivity (Wildman–Crippen MR) is 75.9 cm³/mol. The van der Waals surface area contributed by atoms with Crippen LogP contribution < -0.4 is 14.8 Å². The first-order valence-electron chi connectivity index (χ1n) is 6.29. The molecule has 1 rings (SSSR count). The number of hydrogen-bond donors (Lipinski definition) is 1. The molecule has 0 heterocycles. The Morgan fingerprint density at radius 2 is 1.68 bits per heavy atom. The minimum absolute atomic E-state index is 0.00261. The maximum atomic E-state index is 12.0. The van der Waals surface area contributed by atoms with Crippen LogP contribution in [0.2, 0.25) is 0 Å². The van der Waals surface area contributed by atoms with Crippen molar-refractivity contribution in [2.75, 3.05) is 14.2 Å². The fraction of sp³-hybridized carbons (Fsp3) is 0.533. The number of hydrogen-bond acceptors (Lipinski definition) is 3. The van der Waals surface area contributed by atoms with Gasteiger partial charge in [0.15, 0.2) is 11.5 Å². The molecule has 0 radical (unpaired) electrons. The highest BCUT2D eigenvalue weighted by atomic mass is 16.5. The van der Waals surface area contributed by atoms with Gasteiger partial charge in [-0.15, -0.1) is 0 Å². The molecule has 0 unspecified atom stereocenters. The topological polar surface area (TPSA) is 47.6 Å². The second kappa shape index (κ2) is 5.95. The Morgan fingerprint density at radius 3 is 2.16 bits per heavy atom. The van der Waals surface area contributed by atoms with E-state index in [2.05, 4.69) is 5.32 Å². The van der Waals surface area contributed by atoms with Gasteiger partial charge in [-0.3, -0.25) is 4.79 Å². The molecule has 1 amide bonds. The third kappa shape index (κ3) is 4.47. The molecule has 1 aromatic carbocycles. The standard InChI is InChI=1S/C15H23NO3/c1-10-7-12(18-5)13(19-6)8-11(10)9-14(17)16-15(2,3)4/h7-8H,9H2,1-6H3,(H,16,17). The first-order valence-corrected chi connectivity index (χ1v) is 6.29. The van der Waals surface area contributed by atoms with Crippen molar-refractivity contribution in [3.05, 3.63) is 23.3 Å². The molecule has 0 spiro atoms. The van der Waals surface area contributed by atoms with Gasteiger partial charge in [0.05, 0.1) is 20.6 Å². The molecule has 19 heavy (non-hydrogen) atoms. The molecule has 0 atom stereocenters. The summed E-state index contributed by atoms with van der Waals surface area (Å²) in [4.78, 5) is 12.0. The summed E-state index contributed by atoms with van der Waals surface area (Å²) in [5, 5.41) is 2.95. The zero-order valence-electron chi connectivity index (χ0n) is 12.6. The molecule has 0 aliphatic rings. The minimum atomic E-state index is -0.221. The van der Waals surface area contributed by atoms with Crippen molar-refractivity contribution in [1.29, 1.82) is 0 Å². The summed E-state index contributed by atoms with van der Waals surface area (Å²) < 4.78 is 10.5. The van der Waals surface area contributed by atoms with E-state index < -0.39 is 0 Å². The van der Waals surface area contributed by atoms with E-state index >= 15 is 0 Å². The van der Waals surface area contributed by atoms with Gasteiger partial charge in [0.1, 0.15) is 0 Å². The van der Waals surface area contributed by atoms with Crippen molar-refractivity contribution in [3.63, 3.8) is 0 Å². The maximum absolute atomic E-state index is 12.0. The van der Waals surface area contributed by atoms with Crippen molar-refractivity contribution < 1.29 is 14.3 Å². The van der Waals surface area contributed by atoms with E-state index in [1.54, 1.807) is 14.2 Å². The number of ether oxygens (including phenoxy) is 2. The SMILES string of the molecule is COc1cc(C)c(CC(=O)NC(C)(C)C)cc1OC. The summed E-state index contributed by atoms with van der Waals surface area (Å²) in [6.45, 7) is 7.85. The Balaban J connectivity index is 2.93. The molecule has 0 aliphatic heterocycles. The molecule has 1 N–H and O–H groups in total. The van der Waals surface area contributed by atoms with Gasteiger partial charge >= 0.3 is 0 Å². The molecule has 106 valence electrons. The van der Waals surface area contributed by atoms with E-state index in [0.717, 1.165) is 11.1 Å². The molecule has 0 fully saturated rings. The molecule has 0 saturated carbocycles. The van der Waals surface area contributed by atoms with Gasteiger partial charge in [0.2, 0.25) is 5.91 Å². The number of amides is 1. The second-order valence-electron chi connectivity index (χ2n) is 5.61. The average molecular weight is 265 g/mol. The second-order valence-corrected chi connectivity index (χ2v) is 5.61. The van der Waals surface area contributed by atoms with Crippen molar-refractivity contribution in [1.82, 2.24) is 5.32 Å².